The van der Waals surface area contributed by atoms with Gasteiger partial charge in [-0.3, -0.25) is 0 Å². The van der Waals surface area contributed by atoms with Crippen molar-refractivity contribution in [1.82, 2.24) is 0 Å². The molecule has 1 aromatic rings. The molecule has 0 bridgehead atoms. The fourth-order valence-electron chi connectivity index (χ4n) is 4.90. The van der Waals surface area contributed by atoms with Crippen molar-refractivity contribution in [3.63, 3.8) is 0 Å². The van der Waals surface area contributed by atoms with E-state index >= 15 is 0 Å². The second-order valence-corrected chi connectivity index (χ2v) is 8.16. The molecule has 0 aliphatic heterocycles. The van der Waals surface area contributed by atoms with Crippen LogP contribution in [0.2, 0.25) is 0 Å². The lowest BCUT2D eigenvalue weighted by atomic mass is 9.70. The highest BCUT2D eigenvalue weighted by Crippen LogP contribution is 2.42. The summed E-state index contributed by atoms with van der Waals surface area (Å²) in [6, 6.07) is 3.18. The van der Waals surface area contributed by atoms with Crippen LogP contribution in [0.15, 0.2) is 30.5 Å². The largest absolute Gasteiger partial charge is 0.462 e. The molecule has 0 amide bonds. The Morgan fingerprint density at radius 1 is 1.04 bits per heavy atom. The summed E-state index contributed by atoms with van der Waals surface area (Å²) in [7, 11) is 0. The van der Waals surface area contributed by atoms with Gasteiger partial charge in [0.1, 0.15) is 0 Å². The number of ether oxygens (including phenoxy) is 1. The van der Waals surface area contributed by atoms with E-state index in [1.165, 1.54) is 50.9 Å². The van der Waals surface area contributed by atoms with Gasteiger partial charge in [-0.1, -0.05) is 44.8 Å². The van der Waals surface area contributed by atoms with Crippen LogP contribution in [0, 0.1) is 29.4 Å². The highest BCUT2D eigenvalue weighted by molar-refractivity contribution is 5.67. The zero-order chi connectivity index (χ0) is 19.2. The Balaban J connectivity index is 1.63. The van der Waals surface area contributed by atoms with Gasteiger partial charge in [0.05, 0.1) is 6.26 Å². The van der Waals surface area contributed by atoms with Crippen LogP contribution in [-0.2, 0) is 0 Å². The maximum Gasteiger partial charge on any atom is 0.201 e. The molecule has 1 nitrogen and oxygen atoms in total. The molecule has 1 unspecified atom stereocenters. The third-order valence-corrected chi connectivity index (χ3v) is 6.43. The van der Waals surface area contributed by atoms with Gasteiger partial charge >= 0.3 is 0 Å². The molecule has 1 saturated carbocycles. The molecule has 2 aliphatic rings. The average molecular weight is 375 g/mol. The molecule has 1 aromatic carbocycles. The molecule has 2 aliphatic carbocycles. The van der Waals surface area contributed by atoms with E-state index in [-0.39, 0.29) is 5.75 Å². The Bertz CT molecular complexity index is 684. The number of hydrogen-bond donors (Lipinski definition) is 0. The summed E-state index contributed by atoms with van der Waals surface area (Å²) in [4.78, 5) is 0. The predicted molar refractivity (Wildman–Crippen MR) is 107 cm³/mol. The summed E-state index contributed by atoms with van der Waals surface area (Å²) in [6.45, 7) is 4.04. The molecule has 1 fully saturated rings. The minimum atomic E-state index is -0.900. The Morgan fingerprint density at radius 2 is 1.81 bits per heavy atom. The zero-order valence-electron chi connectivity index (χ0n) is 16.6. The molecule has 0 heterocycles. The molecule has 0 radical (unpaired) electrons. The van der Waals surface area contributed by atoms with E-state index in [1.807, 2.05) is 0 Å². The summed E-state index contributed by atoms with van der Waals surface area (Å²) in [5.41, 5.74) is 1.34. The molecule has 3 rings (SSSR count). The predicted octanol–water partition coefficient (Wildman–Crippen LogP) is 7.67. The van der Waals surface area contributed by atoms with E-state index in [4.69, 9.17) is 4.74 Å². The lowest BCUT2D eigenvalue weighted by molar-refractivity contribution is 0.189. The summed E-state index contributed by atoms with van der Waals surface area (Å²) in [5, 5.41) is 0. The van der Waals surface area contributed by atoms with Gasteiger partial charge in [0, 0.05) is 5.56 Å². The number of benzene rings is 1. The molecule has 0 aromatic heterocycles. The third kappa shape index (κ3) is 4.80. The summed E-state index contributed by atoms with van der Waals surface area (Å²) >= 11 is 0. The maximum absolute atomic E-state index is 14.5. The van der Waals surface area contributed by atoms with E-state index in [1.54, 1.807) is 19.1 Å². The highest BCUT2D eigenvalue weighted by atomic mass is 19.2. The van der Waals surface area contributed by atoms with Gasteiger partial charge in [-0.15, -0.1) is 0 Å². The second-order valence-electron chi connectivity index (χ2n) is 8.16. The van der Waals surface area contributed by atoms with Crippen molar-refractivity contribution in [3.8, 4) is 5.75 Å². The average Bonchev–Trinajstić information content (AvgIpc) is 2.70. The van der Waals surface area contributed by atoms with Crippen LogP contribution in [0.5, 0.6) is 5.75 Å². The van der Waals surface area contributed by atoms with Crippen LogP contribution in [0.25, 0.3) is 5.57 Å². The standard InChI is InChI=1S/C24H32F2O/c1-3-5-17-6-8-18(9-7-17)19-10-12-20(13-11-19)21-14-15-22(27-16-4-2)24(26)23(21)25/h4,12,14-19H,3,5-11,13H2,1-2H3/b16-4+. The fourth-order valence-corrected chi connectivity index (χ4v) is 4.90. The first kappa shape index (κ1) is 20.1. The van der Waals surface area contributed by atoms with Gasteiger partial charge in [0.2, 0.25) is 5.82 Å². The normalized spacial score (nSPS) is 26.2. The van der Waals surface area contributed by atoms with E-state index in [2.05, 4.69) is 13.0 Å². The van der Waals surface area contributed by atoms with Crippen LogP contribution in [0.1, 0.15) is 77.2 Å². The first-order valence-electron chi connectivity index (χ1n) is 10.6. The van der Waals surface area contributed by atoms with Gasteiger partial charge in [0.25, 0.3) is 0 Å². The molecule has 148 valence electrons. The first-order chi connectivity index (χ1) is 13.1. The van der Waals surface area contributed by atoms with E-state index in [0.717, 1.165) is 36.7 Å². The minimum Gasteiger partial charge on any atom is -0.462 e. The molecular weight excluding hydrogens is 342 g/mol. The Labute approximate surface area is 162 Å². The Morgan fingerprint density at radius 3 is 2.44 bits per heavy atom. The van der Waals surface area contributed by atoms with Crippen molar-refractivity contribution in [1.29, 1.82) is 0 Å². The van der Waals surface area contributed by atoms with E-state index in [0.29, 0.717) is 11.5 Å². The lowest BCUT2D eigenvalue weighted by Gasteiger charge is -2.35. The van der Waals surface area contributed by atoms with Gasteiger partial charge < -0.3 is 4.74 Å². The number of rotatable bonds is 6. The molecule has 3 heteroatoms. The zero-order valence-corrected chi connectivity index (χ0v) is 16.6. The molecule has 0 spiro atoms. The van der Waals surface area contributed by atoms with Crippen LogP contribution < -0.4 is 4.74 Å². The molecule has 0 saturated heterocycles. The second kappa shape index (κ2) is 9.52. The van der Waals surface area contributed by atoms with Crippen molar-refractivity contribution in [2.75, 3.05) is 0 Å². The van der Waals surface area contributed by atoms with Gasteiger partial charge in [-0.25, -0.2) is 4.39 Å². The lowest BCUT2D eigenvalue weighted by Crippen LogP contribution is -2.23. The molecular formula is C24H32F2O. The van der Waals surface area contributed by atoms with Crippen molar-refractivity contribution >= 4 is 5.57 Å². The van der Waals surface area contributed by atoms with Gasteiger partial charge in [0.15, 0.2) is 11.6 Å². The summed E-state index contributed by atoms with van der Waals surface area (Å²) in [6.07, 6.45) is 16.2. The number of allylic oxidation sites excluding steroid dienone is 3. The monoisotopic (exact) mass is 374 g/mol. The van der Waals surface area contributed by atoms with Crippen LogP contribution in [0.3, 0.4) is 0 Å². The number of hydrogen-bond acceptors (Lipinski definition) is 1. The summed E-state index contributed by atoms with van der Waals surface area (Å²) in [5.74, 6) is 0.703. The smallest absolute Gasteiger partial charge is 0.201 e. The highest BCUT2D eigenvalue weighted by Gasteiger charge is 2.29. The maximum atomic E-state index is 14.5. The van der Waals surface area contributed by atoms with Crippen molar-refractivity contribution in [2.24, 2.45) is 17.8 Å². The SMILES string of the molecule is C/C=C/Oc1ccc(C2=CCC(C3CCC(CCC)CC3)CC2)c(F)c1F. The quantitative estimate of drug-likeness (QED) is 0.464. The first-order valence-corrected chi connectivity index (χ1v) is 10.6. The van der Waals surface area contributed by atoms with Crippen LogP contribution in [-0.4, -0.2) is 0 Å². The molecule has 0 N–H and O–H groups in total. The Kier molecular flexibility index (Phi) is 7.09. The molecule has 27 heavy (non-hydrogen) atoms. The van der Waals surface area contributed by atoms with Crippen LogP contribution in [0.4, 0.5) is 8.78 Å². The molecule has 1 atom stereocenters. The Hall–Kier alpha value is -1.64. The van der Waals surface area contributed by atoms with Crippen molar-refractivity contribution in [2.45, 2.75) is 71.6 Å². The summed E-state index contributed by atoms with van der Waals surface area (Å²) < 4.78 is 33.9. The van der Waals surface area contributed by atoms with Crippen molar-refractivity contribution < 1.29 is 13.5 Å². The van der Waals surface area contributed by atoms with E-state index < -0.39 is 11.6 Å². The van der Waals surface area contributed by atoms with Gasteiger partial charge in [-0.05, 0) is 74.5 Å². The van der Waals surface area contributed by atoms with Crippen molar-refractivity contribution in [3.05, 3.63) is 47.7 Å². The van der Waals surface area contributed by atoms with Gasteiger partial charge in [-0.2, -0.15) is 4.39 Å². The van der Waals surface area contributed by atoms with E-state index in [9.17, 15) is 8.78 Å². The van der Waals surface area contributed by atoms with Crippen LogP contribution >= 0.6 is 0 Å². The third-order valence-electron chi connectivity index (χ3n) is 6.43. The minimum absolute atomic E-state index is 0.0625. The topological polar surface area (TPSA) is 9.23 Å². The fraction of sp³-hybridized carbons (Fsp3) is 0.583. The number of halogens is 2.